The van der Waals surface area contributed by atoms with Crippen LogP contribution in [0.1, 0.15) is 17.4 Å². The van der Waals surface area contributed by atoms with Crippen molar-refractivity contribution in [3.63, 3.8) is 0 Å². The normalized spacial score (nSPS) is 10.5. The summed E-state index contributed by atoms with van der Waals surface area (Å²) in [5.41, 5.74) is 1.32. The van der Waals surface area contributed by atoms with Gasteiger partial charge in [-0.2, -0.15) is 0 Å². The molecule has 2 nitrogen and oxygen atoms in total. The maximum atomic E-state index is 5.71. The van der Waals surface area contributed by atoms with Crippen LogP contribution in [0.15, 0.2) is 41.8 Å². The first-order valence-corrected chi connectivity index (χ1v) is 7.21. The summed E-state index contributed by atoms with van der Waals surface area (Å²) in [5.74, 6) is 0.965. The first-order valence-electron chi connectivity index (χ1n) is 6.33. The van der Waals surface area contributed by atoms with Gasteiger partial charge in [-0.1, -0.05) is 25.1 Å². The summed E-state index contributed by atoms with van der Waals surface area (Å²) in [6, 6.07) is 12.5. The maximum Gasteiger partial charge on any atom is 0.119 e. The lowest BCUT2D eigenvalue weighted by atomic mass is 10.2. The van der Waals surface area contributed by atoms with E-state index in [9.17, 15) is 0 Å². The van der Waals surface area contributed by atoms with E-state index in [4.69, 9.17) is 4.74 Å². The van der Waals surface area contributed by atoms with Crippen LogP contribution in [-0.2, 0) is 13.0 Å². The molecule has 0 saturated carbocycles. The molecular formula is C15H19NOS. The van der Waals surface area contributed by atoms with Crippen molar-refractivity contribution in [1.82, 2.24) is 5.32 Å². The van der Waals surface area contributed by atoms with Gasteiger partial charge in [-0.05, 0) is 35.6 Å². The Labute approximate surface area is 113 Å². The predicted octanol–water partition coefficient (Wildman–Crippen LogP) is 3.48. The molecule has 2 rings (SSSR count). The van der Waals surface area contributed by atoms with Gasteiger partial charge in [0.1, 0.15) is 12.4 Å². The van der Waals surface area contributed by atoms with Crippen LogP contribution >= 0.6 is 11.3 Å². The SMILES string of the molecule is CCc1cccc(OCCNCc2cccs2)c1. The Bertz CT molecular complexity index is 453. The number of aryl methyl sites for hydroxylation is 1. The summed E-state index contributed by atoms with van der Waals surface area (Å²) >= 11 is 1.78. The predicted molar refractivity (Wildman–Crippen MR) is 77.3 cm³/mol. The van der Waals surface area contributed by atoms with Gasteiger partial charge in [0.25, 0.3) is 0 Å². The lowest BCUT2D eigenvalue weighted by Gasteiger charge is -2.08. The third kappa shape index (κ3) is 4.17. The molecule has 0 aliphatic rings. The fourth-order valence-electron chi connectivity index (χ4n) is 1.72. The van der Waals surface area contributed by atoms with Crippen molar-refractivity contribution in [3.8, 4) is 5.75 Å². The van der Waals surface area contributed by atoms with E-state index in [2.05, 4.69) is 41.9 Å². The summed E-state index contributed by atoms with van der Waals surface area (Å²) in [4.78, 5) is 1.36. The van der Waals surface area contributed by atoms with E-state index in [1.54, 1.807) is 11.3 Å². The molecule has 0 aliphatic heterocycles. The molecule has 0 saturated heterocycles. The smallest absolute Gasteiger partial charge is 0.119 e. The molecule has 1 aromatic heterocycles. The highest BCUT2D eigenvalue weighted by Gasteiger charge is 1.96. The number of hydrogen-bond acceptors (Lipinski definition) is 3. The number of nitrogens with one attached hydrogen (secondary N) is 1. The molecule has 0 amide bonds. The van der Waals surface area contributed by atoms with Gasteiger partial charge in [0.2, 0.25) is 0 Å². The number of thiophene rings is 1. The van der Waals surface area contributed by atoms with Crippen molar-refractivity contribution in [3.05, 3.63) is 52.2 Å². The lowest BCUT2D eigenvalue weighted by molar-refractivity contribution is 0.313. The summed E-state index contributed by atoms with van der Waals surface area (Å²) in [6.45, 7) is 4.66. The Balaban J connectivity index is 1.65. The Morgan fingerprint density at radius 3 is 2.94 bits per heavy atom. The minimum absolute atomic E-state index is 0.707. The zero-order valence-corrected chi connectivity index (χ0v) is 11.5. The van der Waals surface area contributed by atoms with E-state index < -0.39 is 0 Å². The number of rotatable bonds is 7. The third-order valence-corrected chi connectivity index (χ3v) is 3.61. The molecule has 18 heavy (non-hydrogen) atoms. The minimum atomic E-state index is 0.707. The molecule has 0 atom stereocenters. The quantitative estimate of drug-likeness (QED) is 0.770. The molecule has 3 heteroatoms. The molecule has 96 valence electrons. The van der Waals surface area contributed by atoms with Gasteiger partial charge in [-0.3, -0.25) is 0 Å². The minimum Gasteiger partial charge on any atom is -0.492 e. The van der Waals surface area contributed by atoms with Crippen LogP contribution in [-0.4, -0.2) is 13.2 Å². The summed E-state index contributed by atoms with van der Waals surface area (Å²) < 4.78 is 5.71. The molecule has 1 aromatic carbocycles. The van der Waals surface area contributed by atoms with Crippen molar-refractivity contribution >= 4 is 11.3 Å². The summed E-state index contributed by atoms with van der Waals surface area (Å²) in [6.07, 6.45) is 1.05. The maximum absolute atomic E-state index is 5.71. The molecule has 0 spiro atoms. The zero-order chi connectivity index (χ0) is 12.6. The Hall–Kier alpha value is -1.32. The van der Waals surface area contributed by atoms with Crippen LogP contribution in [0.2, 0.25) is 0 Å². The molecule has 1 heterocycles. The van der Waals surface area contributed by atoms with E-state index in [1.165, 1.54) is 10.4 Å². The lowest BCUT2D eigenvalue weighted by Crippen LogP contribution is -2.20. The van der Waals surface area contributed by atoms with Crippen LogP contribution in [0.3, 0.4) is 0 Å². The van der Waals surface area contributed by atoms with Crippen LogP contribution in [0.5, 0.6) is 5.75 Å². The summed E-state index contributed by atoms with van der Waals surface area (Å²) in [5, 5.41) is 5.47. The van der Waals surface area contributed by atoms with E-state index >= 15 is 0 Å². The second-order valence-electron chi connectivity index (χ2n) is 4.11. The van der Waals surface area contributed by atoms with Gasteiger partial charge in [-0.15, -0.1) is 11.3 Å². The van der Waals surface area contributed by atoms with E-state index in [0.29, 0.717) is 6.61 Å². The van der Waals surface area contributed by atoms with Crippen molar-refractivity contribution < 1.29 is 4.74 Å². The largest absolute Gasteiger partial charge is 0.492 e. The number of hydrogen-bond donors (Lipinski definition) is 1. The second-order valence-corrected chi connectivity index (χ2v) is 5.14. The fraction of sp³-hybridized carbons (Fsp3) is 0.333. The Kier molecular flexibility index (Phi) is 5.24. The van der Waals surface area contributed by atoms with E-state index in [1.807, 2.05) is 12.1 Å². The van der Waals surface area contributed by atoms with Gasteiger partial charge >= 0.3 is 0 Å². The van der Waals surface area contributed by atoms with E-state index in [0.717, 1.165) is 25.3 Å². The molecule has 0 fully saturated rings. The van der Waals surface area contributed by atoms with E-state index in [-0.39, 0.29) is 0 Å². The Morgan fingerprint density at radius 2 is 2.17 bits per heavy atom. The molecule has 0 radical (unpaired) electrons. The van der Waals surface area contributed by atoms with Crippen LogP contribution in [0, 0.1) is 0 Å². The number of ether oxygens (including phenoxy) is 1. The standard InChI is InChI=1S/C15H19NOS/c1-2-13-5-3-6-14(11-13)17-9-8-16-12-15-7-4-10-18-15/h3-7,10-11,16H,2,8-9,12H2,1H3. The Morgan fingerprint density at radius 1 is 1.22 bits per heavy atom. The van der Waals surface area contributed by atoms with Crippen LogP contribution in [0.4, 0.5) is 0 Å². The molecule has 0 bridgehead atoms. The van der Waals surface area contributed by atoms with Gasteiger partial charge in [0.05, 0.1) is 0 Å². The van der Waals surface area contributed by atoms with Gasteiger partial charge in [-0.25, -0.2) is 0 Å². The molecule has 0 unspecified atom stereocenters. The van der Waals surface area contributed by atoms with Gasteiger partial charge < -0.3 is 10.1 Å². The summed E-state index contributed by atoms with van der Waals surface area (Å²) in [7, 11) is 0. The third-order valence-electron chi connectivity index (χ3n) is 2.73. The van der Waals surface area contributed by atoms with Crippen molar-refractivity contribution in [1.29, 1.82) is 0 Å². The highest BCUT2D eigenvalue weighted by atomic mass is 32.1. The first-order chi connectivity index (χ1) is 8.88. The first kappa shape index (κ1) is 13.1. The van der Waals surface area contributed by atoms with Crippen LogP contribution < -0.4 is 10.1 Å². The topological polar surface area (TPSA) is 21.3 Å². The zero-order valence-electron chi connectivity index (χ0n) is 10.7. The van der Waals surface area contributed by atoms with Crippen molar-refractivity contribution in [2.24, 2.45) is 0 Å². The average Bonchev–Trinajstić information content (AvgIpc) is 2.92. The molecule has 1 N–H and O–H groups in total. The fourth-order valence-corrected chi connectivity index (χ4v) is 2.40. The molecule has 2 aromatic rings. The highest BCUT2D eigenvalue weighted by molar-refractivity contribution is 7.09. The van der Waals surface area contributed by atoms with Crippen LogP contribution in [0.25, 0.3) is 0 Å². The van der Waals surface area contributed by atoms with Gasteiger partial charge in [0.15, 0.2) is 0 Å². The van der Waals surface area contributed by atoms with Crippen molar-refractivity contribution in [2.45, 2.75) is 19.9 Å². The van der Waals surface area contributed by atoms with Gasteiger partial charge in [0, 0.05) is 18.0 Å². The monoisotopic (exact) mass is 261 g/mol. The molecular weight excluding hydrogens is 242 g/mol. The number of benzene rings is 1. The second kappa shape index (κ2) is 7.19. The van der Waals surface area contributed by atoms with Crippen molar-refractivity contribution in [2.75, 3.05) is 13.2 Å². The highest BCUT2D eigenvalue weighted by Crippen LogP contribution is 2.13. The average molecular weight is 261 g/mol. The molecule has 0 aliphatic carbocycles.